The van der Waals surface area contributed by atoms with Crippen LogP contribution in [-0.2, 0) is 13.3 Å². The summed E-state index contributed by atoms with van der Waals surface area (Å²) in [6.07, 6.45) is 3.30. The molecule has 0 spiro atoms. The van der Waals surface area contributed by atoms with Gasteiger partial charge in [0.05, 0.1) is 16.0 Å². The number of aromatic nitrogens is 4. The van der Waals surface area contributed by atoms with Crippen molar-refractivity contribution in [2.24, 2.45) is 0 Å². The molecule has 2 aromatic carbocycles. The summed E-state index contributed by atoms with van der Waals surface area (Å²) in [5.74, 6) is 0.521. The van der Waals surface area contributed by atoms with Crippen LogP contribution in [0.5, 0.6) is 5.75 Å². The highest BCUT2D eigenvalue weighted by atomic mass is 79.9. The Labute approximate surface area is 196 Å². The SMILES string of the molecule is O=C(Nc1nn(Cc2ccccc2Cl)cc1Br)c1ccnn1COc1ccccc1Cl. The average Bonchev–Trinajstić information content (AvgIpc) is 3.36. The van der Waals surface area contributed by atoms with Crippen LogP contribution in [0.3, 0.4) is 0 Å². The summed E-state index contributed by atoms with van der Waals surface area (Å²) in [7, 11) is 0. The first-order valence-electron chi connectivity index (χ1n) is 9.18. The highest BCUT2D eigenvalue weighted by Crippen LogP contribution is 2.25. The minimum Gasteiger partial charge on any atom is -0.470 e. The molecular formula is C21H16BrCl2N5O2. The molecule has 7 nitrogen and oxygen atoms in total. The molecule has 0 aliphatic rings. The Kier molecular flexibility index (Phi) is 6.60. The molecule has 1 amide bonds. The molecule has 2 heterocycles. The van der Waals surface area contributed by atoms with Crippen molar-refractivity contribution in [1.29, 1.82) is 0 Å². The molecule has 4 rings (SSSR count). The number of hydrogen-bond donors (Lipinski definition) is 1. The molecule has 2 aromatic heterocycles. The lowest BCUT2D eigenvalue weighted by molar-refractivity contribution is 0.100. The molecule has 0 unspecified atom stereocenters. The van der Waals surface area contributed by atoms with Crippen LogP contribution in [0.15, 0.2) is 71.5 Å². The van der Waals surface area contributed by atoms with E-state index >= 15 is 0 Å². The van der Waals surface area contributed by atoms with Crippen LogP contribution in [0.2, 0.25) is 10.0 Å². The van der Waals surface area contributed by atoms with Crippen LogP contribution >= 0.6 is 39.1 Å². The third-order valence-electron chi connectivity index (χ3n) is 4.37. The predicted octanol–water partition coefficient (Wildman–Crippen LogP) is 5.49. The minimum atomic E-state index is -0.371. The number of nitrogens with zero attached hydrogens (tertiary/aromatic N) is 4. The molecule has 0 atom stereocenters. The first-order valence-corrected chi connectivity index (χ1v) is 10.7. The number of para-hydroxylation sites is 1. The Morgan fingerprint density at radius 1 is 1.06 bits per heavy atom. The highest BCUT2D eigenvalue weighted by molar-refractivity contribution is 9.10. The maximum Gasteiger partial charge on any atom is 0.275 e. The molecule has 4 aromatic rings. The van der Waals surface area contributed by atoms with E-state index in [1.165, 1.54) is 10.9 Å². The van der Waals surface area contributed by atoms with Gasteiger partial charge in [-0.25, -0.2) is 4.68 Å². The number of carbonyl (C=O) groups excluding carboxylic acids is 1. The third kappa shape index (κ3) is 5.10. The zero-order valence-corrected chi connectivity index (χ0v) is 19.1. The van der Waals surface area contributed by atoms with Gasteiger partial charge in [-0.3, -0.25) is 9.48 Å². The summed E-state index contributed by atoms with van der Waals surface area (Å²) >= 11 is 15.8. The van der Waals surface area contributed by atoms with Crippen molar-refractivity contribution in [3.63, 3.8) is 0 Å². The second-order valence-corrected chi connectivity index (χ2v) is 8.16. The number of halogens is 3. The zero-order valence-electron chi connectivity index (χ0n) is 16.0. The Bertz CT molecular complexity index is 1220. The molecule has 1 N–H and O–H groups in total. The maximum absolute atomic E-state index is 12.8. The van der Waals surface area contributed by atoms with E-state index in [-0.39, 0.29) is 12.6 Å². The van der Waals surface area contributed by atoms with Crippen LogP contribution in [0, 0.1) is 0 Å². The van der Waals surface area contributed by atoms with Crippen LogP contribution in [0.1, 0.15) is 16.1 Å². The molecule has 0 bridgehead atoms. The summed E-state index contributed by atoms with van der Waals surface area (Å²) in [6.45, 7) is 0.499. The van der Waals surface area contributed by atoms with E-state index in [4.69, 9.17) is 27.9 Å². The number of ether oxygens (including phenoxy) is 1. The molecular weight excluding hydrogens is 505 g/mol. The van der Waals surface area contributed by atoms with Crippen LogP contribution in [0.25, 0.3) is 0 Å². The molecule has 0 saturated carbocycles. The summed E-state index contributed by atoms with van der Waals surface area (Å²) in [4.78, 5) is 12.8. The van der Waals surface area contributed by atoms with Gasteiger partial charge >= 0.3 is 0 Å². The lowest BCUT2D eigenvalue weighted by atomic mass is 10.2. The summed E-state index contributed by atoms with van der Waals surface area (Å²) < 4.78 is 9.45. The molecule has 0 fully saturated rings. The largest absolute Gasteiger partial charge is 0.470 e. The van der Waals surface area contributed by atoms with Crippen molar-refractivity contribution in [3.05, 3.63) is 92.8 Å². The monoisotopic (exact) mass is 519 g/mol. The predicted molar refractivity (Wildman–Crippen MR) is 123 cm³/mol. The first kappa shape index (κ1) is 21.4. The van der Waals surface area contributed by atoms with Gasteiger partial charge in [-0.05, 0) is 45.8 Å². The number of carbonyl (C=O) groups is 1. The summed E-state index contributed by atoms with van der Waals surface area (Å²) in [6, 6.07) is 16.2. The van der Waals surface area contributed by atoms with Gasteiger partial charge in [0.2, 0.25) is 0 Å². The molecule has 10 heteroatoms. The summed E-state index contributed by atoms with van der Waals surface area (Å²) in [5, 5.41) is 12.5. The van der Waals surface area contributed by atoms with Crippen LogP contribution in [0.4, 0.5) is 5.82 Å². The van der Waals surface area contributed by atoms with Crippen molar-refractivity contribution < 1.29 is 9.53 Å². The average molecular weight is 521 g/mol. The van der Waals surface area contributed by atoms with Crippen molar-refractivity contribution in [2.75, 3.05) is 5.32 Å². The molecule has 0 saturated heterocycles. The van der Waals surface area contributed by atoms with E-state index in [2.05, 4.69) is 31.4 Å². The second-order valence-electron chi connectivity index (χ2n) is 6.49. The molecule has 0 aliphatic carbocycles. The Balaban J connectivity index is 1.45. The van der Waals surface area contributed by atoms with Gasteiger partial charge in [-0.1, -0.05) is 53.5 Å². The molecule has 0 radical (unpaired) electrons. The number of rotatable bonds is 7. The third-order valence-corrected chi connectivity index (χ3v) is 5.63. The van der Waals surface area contributed by atoms with Gasteiger partial charge in [0.1, 0.15) is 11.4 Å². The Morgan fingerprint density at radius 2 is 1.81 bits per heavy atom. The zero-order chi connectivity index (χ0) is 21.8. The minimum absolute atomic E-state index is 0.0294. The lowest BCUT2D eigenvalue weighted by Gasteiger charge is -2.10. The fourth-order valence-corrected chi connectivity index (χ4v) is 3.66. The van der Waals surface area contributed by atoms with Crippen LogP contribution < -0.4 is 10.1 Å². The fraction of sp³-hybridized carbons (Fsp3) is 0.0952. The topological polar surface area (TPSA) is 74.0 Å². The lowest BCUT2D eigenvalue weighted by Crippen LogP contribution is -2.20. The Hall–Kier alpha value is -2.81. The van der Waals surface area contributed by atoms with Crippen molar-refractivity contribution >= 4 is 50.9 Å². The van der Waals surface area contributed by atoms with Gasteiger partial charge < -0.3 is 10.1 Å². The fourth-order valence-electron chi connectivity index (χ4n) is 2.86. The molecule has 31 heavy (non-hydrogen) atoms. The van der Waals surface area contributed by atoms with E-state index in [0.717, 1.165) is 5.56 Å². The van der Waals surface area contributed by atoms with Gasteiger partial charge in [-0.2, -0.15) is 10.2 Å². The molecule has 158 valence electrons. The highest BCUT2D eigenvalue weighted by Gasteiger charge is 2.17. The van der Waals surface area contributed by atoms with Gasteiger partial charge in [0.25, 0.3) is 5.91 Å². The van der Waals surface area contributed by atoms with Crippen molar-refractivity contribution in [3.8, 4) is 5.75 Å². The van der Waals surface area contributed by atoms with Gasteiger partial charge in [0, 0.05) is 17.4 Å². The number of hydrogen-bond acceptors (Lipinski definition) is 4. The first-order chi connectivity index (χ1) is 15.0. The maximum atomic E-state index is 12.8. The van der Waals surface area contributed by atoms with Gasteiger partial charge in [0.15, 0.2) is 12.5 Å². The standard InChI is InChI=1S/C21H16BrCl2N5O2/c22-15-12-28(11-14-5-1-2-6-16(14)23)27-20(15)26-21(30)18-9-10-25-29(18)13-31-19-8-4-3-7-17(19)24/h1-10,12H,11,13H2,(H,26,27,30). The van der Waals surface area contributed by atoms with E-state index in [9.17, 15) is 4.79 Å². The van der Waals surface area contributed by atoms with E-state index in [1.807, 2.05) is 36.4 Å². The van der Waals surface area contributed by atoms with E-state index in [0.29, 0.717) is 38.3 Å². The van der Waals surface area contributed by atoms with Crippen LogP contribution in [-0.4, -0.2) is 25.5 Å². The molecule has 0 aliphatic heterocycles. The quantitative estimate of drug-likeness (QED) is 0.350. The normalized spacial score (nSPS) is 10.8. The van der Waals surface area contributed by atoms with Crippen molar-refractivity contribution in [1.82, 2.24) is 19.6 Å². The smallest absolute Gasteiger partial charge is 0.275 e. The number of anilines is 1. The number of nitrogens with one attached hydrogen (secondary N) is 1. The second kappa shape index (κ2) is 9.55. The number of amides is 1. The van der Waals surface area contributed by atoms with E-state index < -0.39 is 0 Å². The summed E-state index contributed by atoms with van der Waals surface area (Å²) in [5.41, 5.74) is 1.24. The van der Waals surface area contributed by atoms with Crippen molar-refractivity contribution in [2.45, 2.75) is 13.3 Å². The van der Waals surface area contributed by atoms with E-state index in [1.54, 1.807) is 29.1 Å². The van der Waals surface area contributed by atoms with Gasteiger partial charge in [-0.15, -0.1) is 0 Å². The number of benzene rings is 2. The Morgan fingerprint density at radius 3 is 2.58 bits per heavy atom.